The lowest BCUT2D eigenvalue weighted by atomic mass is 9.80. The molecule has 21 heavy (non-hydrogen) atoms. The molecule has 3 heteroatoms. The summed E-state index contributed by atoms with van der Waals surface area (Å²) >= 11 is 0. The van der Waals surface area contributed by atoms with Crippen LogP contribution in [0, 0.1) is 17.3 Å². The van der Waals surface area contributed by atoms with Crippen LogP contribution in [0.4, 0.5) is 0 Å². The fourth-order valence-electron chi connectivity index (χ4n) is 4.91. The number of morpholine rings is 1. The molecule has 2 aliphatic carbocycles. The summed E-state index contributed by atoms with van der Waals surface area (Å²) in [4.78, 5) is 14.8. The molecular formula is C18H31NO2. The zero-order valence-corrected chi connectivity index (χ0v) is 14.4. The van der Waals surface area contributed by atoms with Gasteiger partial charge in [0.15, 0.2) is 0 Å². The number of ether oxygens (including phenoxy) is 1. The van der Waals surface area contributed by atoms with E-state index in [-0.39, 0.29) is 16.6 Å². The maximum atomic E-state index is 12.7. The summed E-state index contributed by atoms with van der Waals surface area (Å²) < 4.78 is 6.57. The van der Waals surface area contributed by atoms with Gasteiger partial charge in [-0.25, -0.2) is 0 Å². The van der Waals surface area contributed by atoms with Crippen molar-refractivity contribution in [2.24, 2.45) is 17.3 Å². The quantitative estimate of drug-likeness (QED) is 0.739. The fourth-order valence-corrected chi connectivity index (χ4v) is 4.91. The molecule has 0 radical (unpaired) electrons. The molecule has 3 atom stereocenters. The maximum absolute atomic E-state index is 12.7. The van der Waals surface area contributed by atoms with E-state index in [4.69, 9.17) is 4.74 Å². The number of hydrogen-bond acceptors (Lipinski definition) is 2. The Kier molecular flexibility index (Phi) is 3.44. The molecule has 3 nitrogen and oxygen atoms in total. The number of fused-ring (bicyclic) bond motifs is 3. The van der Waals surface area contributed by atoms with Crippen molar-refractivity contribution in [3.63, 3.8) is 0 Å². The Morgan fingerprint density at radius 3 is 2.48 bits per heavy atom. The molecule has 1 heterocycles. The van der Waals surface area contributed by atoms with Crippen molar-refractivity contribution < 1.29 is 9.53 Å². The van der Waals surface area contributed by atoms with Crippen molar-refractivity contribution in [2.45, 2.75) is 77.9 Å². The third-order valence-electron chi connectivity index (χ3n) is 5.46. The van der Waals surface area contributed by atoms with Gasteiger partial charge in [0.25, 0.3) is 0 Å². The highest BCUT2D eigenvalue weighted by Crippen LogP contribution is 2.55. The number of carbonyl (C=O) groups is 1. The minimum absolute atomic E-state index is 0.0434. The Balaban J connectivity index is 1.78. The zero-order valence-electron chi connectivity index (χ0n) is 14.4. The molecule has 1 saturated heterocycles. The van der Waals surface area contributed by atoms with Crippen molar-refractivity contribution in [3.8, 4) is 0 Å². The first kappa shape index (κ1) is 15.3. The first-order chi connectivity index (χ1) is 9.59. The second-order valence-corrected chi connectivity index (χ2v) is 9.49. The van der Waals surface area contributed by atoms with Crippen LogP contribution in [0.15, 0.2) is 0 Å². The van der Waals surface area contributed by atoms with Gasteiger partial charge in [-0.3, -0.25) is 4.79 Å². The first-order valence-corrected chi connectivity index (χ1v) is 8.57. The van der Waals surface area contributed by atoms with Gasteiger partial charge in [0.05, 0.1) is 17.7 Å². The highest BCUT2D eigenvalue weighted by molar-refractivity contribution is 5.77. The van der Waals surface area contributed by atoms with E-state index in [1.165, 1.54) is 25.7 Å². The topological polar surface area (TPSA) is 29.5 Å². The van der Waals surface area contributed by atoms with Gasteiger partial charge in [-0.1, -0.05) is 20.8 Å². The molecule has 2 saturated carbocycles. The van der Waals surface area contributed by atoms with E-state index < -0.39 is 0 Å². The molecule has 0 aromatic rings. The number of rotatable bonds is 1. The summed E-state index contributed by atoms with van der Waals surface area (Å²) in [5, 5.41) is 0. The fraction of sp³-hybridized carbons (Fsp3) is 0.944. The maximum Gasteiger partial charge on any atom is 0.223 e. The number of hydrogen-bond donors (Lipinski definition) is 0. The van der Waals surface area contributed by atoms with Crippen LogP contribution in [-0.2, 0) is 9.53 Å². The predicted octanol–water partition coefficient (Wildman–Crippen LogP) is 3.62. The SMILES string of the molecule is CC(C)(C)CC(=O)N1CC(C)(C)O[C@@]2(C[C@@H]3CC[C@H]2C3)C1. The van der Waals surface area contributed by atoms with E-state index in [1.54, 1.807) is 0 Å². The normalized spacial score (nSPS) is 38.2. The van der Waals surface area contributed by atoms with Crippen molar-refractivity contribution >= 4 is 5.91 Å². The van der Waals surface area contributed by atoms with Crippen LogP contribution in [0.3, 0.4) is 0 Å². The van der Waals surface area contributed by atoms with Crippen LogP contribution in [0.2, 0.25) is 0 Å². The molecule has 2 bridgehead atoms. The number of nitrogens with zero attached hydrogens (tertiary/aromatic N) is 1. The van der Waals surface area contributed by atoms with E-state index in [2.05, 4.69) is 39.5 Å². The Morgan fingerprint density at radius 1 is 1.24 bits per heavy atom. The van der Waals surface area contributed by atoms with Crippen LogP contribution >= 0.6 is 0 Å². The molecule has 0 N–H and O–H groups in total. The average Bonchev–Trinajstić information content (AvgIpc) is 2.84. The Hall–Kier alpha value is -0.570. The lowest BCUT2D eigenvalue weighted by Crippen LogP contribution is -2.63. The van der Waals surface area contributed by atoms with Crippen LogP contribution in [0.1, 0.15) is 66.7 Å². The second-order valence-electron chi connectivity index (χ2n) is 9.49. The van der Waals surface area contributed by atoms with Crippen LogP contribution in [0.25, 0.3) is 0 Å². The van der Waals surface area contributed by atoms with Gasteiger partial charge in [0.1, 0.15) is 0 Å². The minimum atomic E-state index is -0.212. The van der Waals surface area contributed by atoms with Gasteiger partial charge in [0, 0.05) is 13.0 Å². The molecule has 3 rings (SSSR count). The summed E-state index contributed by atoms with van der Waals surface area (Å²) in [6, 6.07) is 0. The van der Waals surface area contributed by atoms with Crippen molar-refractivity contribution in [2.75, 3.05) is 13.1 Å². The van der Waals surface area contributed by atoms with Crippen molar-refractivity contribution in [1.29, 1.82) is 0 Å². The summed E-state index contributed by atoms with van der Waals surface area (Å²) in [6.07, 6.45) is 5.78. The summed E-state index contributed by atoms with van der Waals surface area (Å²) in [5.41, 5.74) is -0.199. The van der Waals surface area contributed by atoms with E-state index >= 15 is 0 Å². The highest BCUT2D eigenvalue weighted by atomic mass is 16.5. The van der Waals surface area contributed by atoms with Crippen molar-refractivity contribution in [3.05, 3.63) is 0 Å². The van der Waals surface area contributed by atoms with Gasteiger partial charge in [-0.2, -0.15) is 0 Å². The van der Waals surface area contributed by atoms with Crippen molar-refractivity contribution in [1.82, 2.24) is 4.90 Å². The van der Waals surface area contributed by atoms with Gasteiger partial charge < -0.3 is 9.64 Å². The lowest BCUT2D eigenvalue weighted by Gasteiger charge is -2.52. The van der Waals surface area contributed by atoms with E-state index in [0.29, 0.717) is 18.2 Å². The highest BCUT2D eigenvalue weighted by Gasteiger charge is 2.57. The summed E-state index contributed by atoms with van der Waals surface area (Å²) in [6.45, 7) is 12.3. The molecule has 0 unspecified atom stereocenters. The zero-order chi connectivity index (χ0) is 15.5. The number of carbonyl (C=O) groups excluding carboxylic acids is 1. The smallest absolute Gasteiger partial charge is 0.223 e. The van der Waals surface area contributed by atoms with E-state index in [9.17, 15) is 4.79 Å². The standard InChI is InChI=1S/C18H31NO2/c1-16(2,3)10-15(20)19-11-17(4,5)21-18(12-19)9-13-6-7-14(18)8-13/h13-14H,6-12H2,1-5H3/t13-,14+,18+/m1/s1. The van der Waals surface area contributed by atoms with E-state index in [1.807, 2.05) is 0 Å². The Morgan fingerprint density at radius 2 is 1.95 bits per heavy atom. The van der Waals surface area contributed by atoms with E-state index in [0.717, 1.165) is 19.0 Å². The largest absolute Gasteiger partial charge is 0.365 e. The third kappa shape index (κ3) is 2.99. The van der Waals surface area contributed by atoms with Gasteiger partial charge in [0.2, 0.25) is 5.91 Å². The molecule has 0 aromatic heterocycles. The van der Waals surface area contributed by atoms with Crippen LogP contribution < -0.4 is 0 Å². The van der Waals surface area contributed by atoms with Gasteiger partial charge >= 0.3 is 0 Å². The molecule has 3 fully saturated rings. The third-order valence-corrected chi connectivity index (χ3v) is 5.46. The molecule has 1 aliphatic heterocycles. The number of amides is 1. The molecule has 1 spiro atoms. The molecular weight excluding hydrogens is 262 g/mol. The Labute approximate surface area is 129 Å². The van der Waals surface area contributed by atoms with Gasteiger partial charge in [-0.05, 0) is 56.8 Å². The predicted molar refractivity (Wildman–Crippen MR) is 84.0 cm³/mol. The Bertz CT molecular complexity index is 437. The second kappa shape index (κ2) is 4.71. The summed E-state index contributed by atoms with van der Waals surface area (Å²) in [7, 11) is 0. The molecule has 3 aliphatic rings. The molecule has 0 aromatic carbocycles. The molecule has 120 valence electrons. The summed E-state index contributed by atoms with van der Waals surface area (Å²) in [5.74, 6) is 1.82. The van der Waals surface area contributed by atoms with Crippen LogP contribution in [-0.4, -0.2) is 35.1 Å². The average molecular weight is 293 g/mol. The monoisotopic (exact) mass is 293 g/mol. The molecule has 1 amide bonds. The first-order valence-electron chi connectivity index (χ1n) is 8.57. The van der Waals surface area contributed by atoms with Crippen LogP contribution in [0.5, 0.6) is 0 Å². The minimum Gasteiger partial charge on any atom is -0.365 e. The lowest BCUT2D eigenvalue weighted by molar-refractivity contribution is -0.218. The van der Waals surface area contributed by atoms with Gasteiger partial charge in [-0.15, -0.1) is 0 Å².